The molecule has 2 aromatic heterocycles. The van der Waals surface area contributed by atoms with Gasteiger partial charge in [0.25, 0.3) is 5.91 Å². The molecule has 0 unspecified atom stereocenters. The molecule has 4 aromatic rings. The topological polar surface area (TPSA) is 88.9 Å². The maximum Gasteiger partial charge on any atom is 0.260 e. The number of benzene rings is 2. The van der Waals surface area contributed by atoms with E-state index in [1.807, 2.05) is 48.7 Å². The zero-order valence-corrected chi connectivity index (χ0v) is 18.3. The maximum atomic E-state index is 12.8. The first kappa shape index (κ1) is 20.8. The molecule has 0 bridgehead atoms. The molecule has 2 amide bonds. The highest BCUT2D eigenvalue weighted by Gasteiger charge is 2.17. The second kappa shape index (κ2) is 8.71. The van der Waals surface area contributed by atoms with Crippen molar-refractivity contribution < 1.29 is 9.59 Å². The molecule has 0 radical (unpaired) electrons. The lowest BCUT2D eigenvalue weighted by Gasteiger charge is -2.06. The first-order valence-corrected chi connectivity index (χ1v) is 10.6. The van der Waals surface area contributed by atoms with Gasteiger partial charge in [0, 0.05) is 28.6 Å². The minimum absolute atomic E-state index is 0.125. The van der Waals surface area contributed by atoms with Crippen LogP contribution < -0.4 is 10.6 Å². The van der Waals surface area contributed by atoms with Crippen molar-refractivity contribution in [3.05, 3.63) is 76.4 Å². The number of thiazole rings is 1. The second-order valence-electron chi connectivity index (χ2n) is 6.79. The first-order valence-electron chi connectivity index (χ1n) is 9.36. The van der Waals surface area contributed by atoms with E-state index in [2.05, 4.69) is 20.7 Å². The molecule has 0 saturated carbocycles. The highest BCUT2D eigenvalue weighted by molar-refractivity contribution is 7.14. The van der Waals surface area contributed by atoms with Gasteiger partial charge in [-0.25, -0.2) is 9.67 Å². The summed E-state index contributed by atoms with van der Waals surface area (Å²) in [5, 5.41) is 12.8. The summed E-state index contributed by atoms with van der Waals surface area (Å²) in [4.78, 5) is 28.4. The number of carbonyl (C=O) groups excluding carboxylic acids is 2. The molecule has 7 nitrogen and oxygen atoms in total. The lowest BCUT2D eigenvalue weighted by Crippen LogP contribution is -2.13. The van der Waals surface area contributed by atoms with Crippen LogP contribution in [0.25, 0.3) is 16.9 Å². The van der Waals surface area contributed by atoms with Crippen molar-refractivity contribution in [3.8, 4) is 16.9 Å². The highest BCUT2D eigenvalue weighted by atomic mass is 35.5. The van der Waals surface area contributed by atoms with E-state index >= 15 is 0 Å². The van der Waals surface area contributed by atoms with Crippen LogP contribution in [0, 0.1) is 6.92 Å². The zero-order chi connectivity index (χ0) is 22.0. The van der Waals surface area contributed by atoms with E-state index in [0.29, 0.717) is 27.1 Å². The van der Waals surface area contributed by atoms with Crippen molar-refractivity contribution in [1.29, 1.82) is 0 Å². The standard InChI is InChI=1S/C22H18ClN5O2S/c1-13-19(11-24-28(13)18-5-3-4-16(23)10-18)21(30)27-22-26-20(12-31-22)15-6-8-17(9-7-15)25-14(2)29/h3-12H,1-2H3,(H,25,29)(H,26,27,30). The van der Waals surface area contributed by atoms with Gasteiger partial charge in [0.15, 0.2) is 5.13 Å². The Morgan fingerprint density at radius 2 is 1.87 bits per heavy atom. The van der Waals surface area contributed by atoms with Crippen LogP contribution in [0.5, 0.6) is 0 Å². The summed E-state index contributed by atoms with van der Waals surface area (Å²) in [6.07, 6.45) is 1.53. The minimum Gasteiger partial charge on any atom is -0.326 e. The molecule has 31 heavy (non-hydrogen) atoms. The monoisotopic (exact) mass is 451 g/mol. The number of anilines is 2. The van der Waals surface area contributed by atoms with Gasteiger partial charge >= 0.3 is 0 Å². The van der Waals surface area contributed by atoms with Gasteiger partial charge in [-0.2, -0.15) is 5.10 Å². The van der Waals surface area contributed by atoms with Crippen LogP contribution in [-0.2, 0) is 4.79 Å². The van der Waals surface area contributed by atoms with E-state index < -0.39 is 0 Å². The number of rotatable bonds is 5. The van der Waals surface area contributed by atoms with E-state index in [1.165, 1.54) is 24.5 Å². The Bertz CT molecular complexity index is 1260. The van der Waals surface area contributed by atoms with Crippen LogP contribution in [0.2, 0.25) is 5.02 Å². The molecule has 0 fully saturated rings. The first-order chi connectivity index (χ1) is 14.9. The fourth-order valence-corrected chi connectivity index (χ4v) is 3.96. The van der Waals surface area contributed by atoms with Gasteiger partial charge in [-0.1, -0.05) is 29.8 Å². The molecule has 0 aliphatic heterocycles. The van der Waals surface area contributed by atoms with Gasteiger partial charge < -0.3 is 5.32 Å². The van der Waals surface area contributed by atoms with Crippen molar-refractivity contribution in [2.75, 3.05) is 10.6 Å². The van der Waals surface area contributed by atoms with E-state index in [9.17, 15) is 9.59 Å². The molecule has 9 heteroatoms. The van der Waals surface area contributed by atoms with Gasteiger partial charge in [0.05, 0.1) is 28.8 Å². The van der Waals surface area contributed by atoms with E-state index in [0.717, 1.165) is 16.9 Å². The Hall–Kier alpha value is -3.49. The maximum absolute atomic E-state index is 12.8. The quantitative estimate of drug-likeness (QED) is 0.438. The molecule has 0 saturated heterocycles. The normalized spacial score (nSPS) is 10.7. The van der Waals surface area contributed by atoms with Crippen molar-refractivity contribution in [3.63, 3.8) is 0 Å². The predicted molar refractivity (Wildman–Crippen MR) is 123 cm³/mol. The molecule has 156 valence electrons. The summed E-state index contributed by atoms with van der Waals surface area (Å²) in [6, 6.07) is 14.6. The Morgan fingerprint density at radius 3 is 2.58 bits per heavy atom. The van der Waals surface area contributed by atoms with Crippen LogP contribution >= 0.6 is 22.9 Å². The Kier molecular flexibility index (Phi) is 5.83. The summed E-state index contributed by atoms with van der Waals surface area (Å²) >= 11 is 7.40. The molecule has 4 rings (SSSR count). The minimum atomic E-state index is -0.285. The van der Waals surface area contributed by atoms with E-state index in [-0.39, 0.29) is 11.8 Å². The second-order valence-corrected chi connectivity index (χ2v) is 8.08. The van der Waals surface area contributed by atoms with Gasteiger partial charge in [0.2, 0.25) is 5.91 Å². The number of aromatic nitrogens is 3. The average Bonchev–Trinajstić information content (AvgIpc) is 3.35. The fraction of sp³-hybridized carbons (Fsp3) is 0.0909. The van der Waals surface area contributed by atoms with Crippen LogP contribution in [0.3, 0.4) is 0 Å². The smallest absolute Gasteiger partial charge is 0.260 e. The number of nitrogens with one attached hydrogen (secondary N) is 2. The largest absolute Gasteiger partial charge is 0.326 e. The summed E-state index contributed by atoms with van der Waals surface area (Å²) in [6.45, 7) is 3.29. The van der Waals surface area contributed by atoms with Crippen molar-refractivity contribution in [1.82, 2.24) is 14.8 Å². The van der Waals surface area contributed by atoms with Gasteiger partial charge in [-0.3, -0.25) is 14.9 Å². The van der Waals surface area contributed by atoms with Gasteiger partial charge in [-0.05, 0) is 37.3 Å². The Labute approximate surface area is 187 Å². The van der Waals surface area contributed by atoms with Crippen molar-refractivity contribution in [2.45, 2.75) is 13.8 Å². The van der Waals surface area contributed by atoms with Crippen LogP contribution in [0.1, 0.15) is 23.0 Å². The van der Waals surface area contributed by atoms with Crippen LogP contribution in [0.15, 0.2) is 60.1 Å². The molecule has 2 heterocycles. The fourth-order valence-electron chi connectivity index (χ4n) is 3.06. The summed E-state index contributed by atoms with van der Waals surface area (Å²) in [5.74, 6) is -0.409. The number of halogens is 1. The summed E-state index contributed by atoms with van der Waals surface area (Å²) < 4.78 is 1.67. The zero-order valence-electron chi connectivity index (χ0n) is 16.7. The van der Waals surface area contributed by atoms with Crippen molar-refractivity contribution >= 4 is 45.6 Å². The molecule has 0 aliphatic rings. The third-order valence-corrected chi connectivity index (χ3v) is 5.53. The lowest BCUT2D eigenvalue weighted by molar-refractivity contribution is -0.114. The number of amides is 2. The Morgan fingerprint density at radius 1 is 1.10 bits per heavy atom. The molecule has 0 atom stereocenters. The number of hydrogen-bond donors (Lipinski definition) is 2. The van der Waals surface area contributed by atoms with E-state index in [4.69, 9.17) is 11.6 Å². The Balaban J connectivity index is 1.49. The molecular weight excluding hydrogens is 434 g/mol. The third-order valence-electron chi connectivity index (χ3n) is 4.53. The number of nitrogens with zero attached hydrogens (tertiary/aromatic N) is 3. The average molecular weight is 452 g/mol. The molecule has 0 aliphatic carbocycles. The number of hydrogen-bond acceptors (Lipinski definition) is 5. The molecule has 2 aromatic carbocycles. The van der Waals surface area contributed by atoms with Crippen molar-refractivity contribution in [2.24, 2.45) is 0 Å². The number of carbonyl (C=O) groups is 2. The summed E-state index contributed by atoms with van der Waals surface area (Å²) in [7, 11) is 0. The van der Waals surface area contributed by atoms with Gasteiger partial charge in [-0.15, -0.1) is 11.3 Å². The van der Waals surface area contributed by atoms with Gasteiger partial charge in [0.1, 0.15) is 0 Å². The predicted octanol–water partition coefficient (Wildman–Crippen LogP) is 5.17. The molecule has 0 spiro atoms. The van der Waals surface area contributed by atoms with Crippen LogP contribution in [-0.4, -0.2) is 26.6 Å². The SMILES string of the molecule is CC(=O)Nc1ccc(-c2csc(NC(=O)c3cnn(-c4cccc(Cl)c4)c3C)n2)cc1. The van der Waals surface area contributed by atoms with Crippen LogP contribution in [0.4, 0.5) is 10.8 Å². The molecule has 2 N–H and O–H groups in total. The highest BCUT2D eigenvalue weighted by Crippen LogP contribution is 2.27. The molecular formula is C22H18ClN5O2S. The third kappa shape index (κ3) is 4.65. The lowest BCUT2D eigenvalue weighted by atomic mass is 10.1. The van der Waals surface area contributed by atoms with E-state index in [1.54, 1.807) is 16.8 Å². The summed E-state index contributed by atoms with van der Waals surface area (Å²) in [5.41, 5.74) is 4.27.